The molecule has 0 fully saturated rings. The van der Waals surface area contributed by atoms with E-state index in [1.807, 2.05) is 49.4 Å². The third kappa shape index (κ3) is 5.77. The Morgan fingerprint density at radius 3 is 2.20 bits per heavy atom. The normalized spacial score (nSPS) is 10.7. The molecule has 0 unspecified atom stereocenters. The molecule has 0 aliphatic rings. The first-order chi connectivity index (χ1) is 14.6. The van der Waals surface area contributed by atoms with Crippen LogP contribution in [-0.2, 0) is 19.7 Å². The third-order valence-electron chi connectivity index (χ3n) is 4.88. The van der Waals surface area contributed by atoms with E-state index < -0.39 is 0 Å². The zero-order chi connectivity index (χ0) is 21.3. The van der Waals surface area contributed by atoms with Crippen molar-refractivity contribution in [3.05, 3.63) is 87.4 Å². The van der Waals surface area contributed by atoms with Crippen LogP contribution >= 0.6 is 15.9 Å². The lowest BCUT2D eigenvalue weighted by atomic mass is 10.1. The molecule has 5 heteroatoms. The van der Waals surface area contributed by atoms with Gasteiger partial charge in [0.25, 0.3) is 0 Å². The Kier molecular flexibility index (Phi) is 8.17. The maximum Gasteiger partial charge on any atom is 0.162 e. The second-order valence-electron chi connectivity index (χ2n) is 6.95. The van der Waals surface area contributed by atoms with Gasteiger partial charge in [-0.05, 0) is 48.7 Å². The summed E-state index contributed by atoms with van der Waals surface area (Å²) in [4.78, 5) is 0. The van der Waals surface area contributed by atoms with Crippen molar-refractivity contribution in [2.45, 2.75) is 33.5 Å². The standard InChI is InChI=1S/C25H28BrNO3/c1-4-29-24-13-21(16-27-15-19-10-7-8-12-23(19)28-3)22(26)14-25(24)30-17-20-11-6-5-9-18(20)2/h5-14,27H,4,15-17H2,1-3H3. The predicted molar refractivity (Wildman–Crippen MR) is 124 cm³/mol. The summed E-state index contributed by atoms with van der Waals surface area (Å²) in [5.41, 5.74) is 4.61. The maximum absolute atomic E-state index is 6.10. The van der Waals surface area contributed by atoms with Crippen LogP contribution in [0, 0.1) is 6.92 Å². The molecule has 0 heterocycles. The highest BCUT2D eigenvalue weighted by atomic mass is 79.9. The average molecular weight is 470 g/mol. The molecule has 0 amide bonds. The topological polar surface area (TPSA) is 39.7 Å². The van der Waals surface area contributed by atoms with Gasteiger partial charge in [-0.2, -0.15) is 0 Å². The molecule has 3 rings (SSSR count). The fourth-order valence-corrected chi connectivity index (χ4v) is 3.66. The lowest BCUT2D eigenvalue weighted by Gasteiger charge is -2.16. The van der Waals surface area contributed by atoms with Gasteiger partial charge in [-0.1, -0.05) is 58.4 Å². The zero-order valence-corrected chi connectivity index (χ0v) is 19.3. The molecule has 0 spiro atoms. The summed E-state index contributed by atoms with van der Waals surface area (Å²) in [6, 6.07) is 20.3. The van der Waals surface area contributed by atoms with Gasteiger partial charge in [-0.25, -0.2) is 0 Å². The summed E-state index contributed by atoms with van der Waals surface area (Å²) in [5.74, 6) is 2.38. The largest absolute Gasteiger partial charge is 0.496 e. The molecule has 158 valence electrons. The molecule has 4 nitrogen and oxygen atoms in total. The SMILES string of the molecule is CCOc1cc(CNCc2ccccc2OC)c(Br)cc1OCc1ccccc1C. The van der Waals surface area contributed by atoms with Crippen LogP contribution in [0.15, 0.2) is 65.1 Å². The van der Waals surface area contributed by atoms with Gasteiger partial charge in [0.15, 0.2) is 11.5 Å². The van der Waals surface area contributed by atoms with E-state index in [2.05, 4.69) is 46.4 Å². The van der Waals surface area contributed by atoms with Crippen LogP contribution in [-0.4, -0.2) is 13.7 Å². The number of aryl methyl sites for hydroxylation is 1. The van der Waals surface area contributed by atoms with E-state index in [0.29, 0.717) is 26.3 Å². The summed E-state index contributed by atoms with van der Waals surface area (Å²) in [6.07, 6.45) is 0. The van der Waals surface area contributed by atoms with Crippen molar-refractivity contribution in [1.82, 2.24) is 5.32 Å². The fraction of sp³-hybridized carbons (Fsp3) is 0.280. The molecule has 3 aromatic rings. The predicted octanol–water partition coefficient (Wildman–Crippen LogP) is 6.03. The van der Waals surface area contributed by atoms with Crippen molar-refractivity contribution in [3.8, 4) is 17.2 Å². The van der Waals surface area contributed by atoms with E-state index in [4.69, 9.17) is 14.2 Å². The van der Waals surface area contributed by atoms with Gasteiger partial charge in [-0.15, -0.1) is 0 Å². The van der Waals surface area contributed by atoms with Gasteiger partial charge in [0, 0.05) is 23.1 Å². The number of halogens is 1. The quantitative estimate of drug-likeness (QED) is 0.393. The van der Waals surface area contributed by atoms with Gasteiger partial charge in [-0.3, -0.25) is 0 Å². The Morgan fingerprint density at radius 2 is 1.47 bits per heavy atom. The lowest BCUT2D eigenvalue weighted by Crippen LogP contribution is -2.14. The summed E-state index contributed by atoms with van der Waals surface area (Å²) < 4.78 is 18.4. The Balaban J connectivity index is 1.70. The Hall–Kier alpha value is -2.50. The van der Waals surface area contributed by atoms with Crippen molar-refractivity contribution < 1.29 is 14.2 Å². The Bertz CT molecular complexity index is 974. The first-order valence-corrected chi connectivity index (χ1v) is 10.9. The van der Waals surface area contributed by atoms with E-state index in [1.165, 1.54) is 11.1 Å². The van der Waals surface area contributed by atoms with Crippen LogP contribution in [0.4, 0.5) is 0 Å². The van der Waals surface area contributed by atoms with Crippen LogP contribution < -0.4 is 19.5 Å². The molecule has 1 N–H and O–H groups in total. The number of benzene rings is 3. The van der Waals surface area contributed by atoms with E-state index in [0.717, 1.165) is 32.8 Å². The lowest BCUT2D eigenvalue weighted by molar-refractivity contribution is 0.268. The van der Waals surface area contributed by atoms with Crippen molar-refractivity contribution in [2.75, 3.05) is 13.7 Å². The molecule has 0 atom stereocenters. The highest BCUT2D eigenvalue weighted by molar-refractivity contribution is 9.10. The van der Waals surface area contributed by atoms with Crippen LogP contribution in [0.5, 0.6) is 17.2 Å². The second kappa shape index (κ2) is 11.0. The Morgan fingerprint density at radius 1 is 0.800 bits per heavy atom. The number of ether oxygens (including phenoxy) is 3. The van der Waals surface area contributed by atoms with E-state index >= 15 is 0 Å². The highest BCUT2D eigenvalue weighted by Crippen LogP contribution is 2.34. The maximum atomic E-state index is 6.10. The van der Waals surface area contributed by atoms with Gasteiger partial charge < -0.3 is 19.5 Å². The van der Waals surface area contributed by atoms with Crippen LogP contribution in [0.3, 0.4) is 0 Å². The number of para-hydroxylation sites is 1. The van der Waals surface area contributed by atoms with Crippen molar-refractivity contribution >= 4 is 15.9 Å². The minimum Gasteiger partial charge on any atom is -0.496 e. The summed E-state index contributed by atoms with van der Waals surface area (Å²) in [6.45, 7) is 6.56. The van der Waals surface area contributed by atoms with E-state index in [9.17, 15) is 0 Å². The van der Waals surface area contributed by atoms with Gasteiger partial charge >= 0.3 is 0 Å². The zero-order valence-electron chi connectivity index (χ0n) is 17.7. The smallest absolute Gasteiger partial charge is 0.162 e. The van der Waals surface area contributed by atoms with Crippen molar-refractivity contribution in [3.63, 3.8) is 0 Å². The van der Waals surface area contributed by atoms with E-state index in [1.54, 1.807) is 7.11 Å². The number of hydrogen-bond acceptors (Lipinski definition) is 4. The monoisotopic (exact) mass is 469 g/mol. The van der Waals surface area contributed by atoms with E-state index in [-0.39, 0.29) is 0 Å². The molecule has 0 aromatic heterocycles. The first kappa shape index (κ1) is 22.2. The number of hydrogen-bond donors (Lipinski definition) is 1. The molecular weight excluding hydrogens is 442 g/mol. The van der Waals surface area contributed by atoms with Gasteiger partial charge in [0.05, 0.1) is 13.7 Å². The van der Waals surface area contributed by atoms with Crippen LogP contribution in [0.2, 0.25) is 0 Å². The van der Waals surface area contributed by atoms with Crippen LogP contribution in [0.25, 0.3) is 0 Å². The average Bonchev–Trinajstić information content (AvgIpc) is 2.76. The molecule has 0 saturated heterocycles. The molecule has 0 radical (unpaired) electrons. The molecule has 30 heavy (non-hydrogen) atoms. The minimum absolute atomic E-state index is 0.505. The third-order valence-corrected chi connectivity index (χ3v) is 5.62. The summed E-state index contributed by atoms with van der Waals surface area (Å²) in [7, 11) is 1.69. The highest BCUT2D eigenvalue weighted by Gasteiger charge is 2.12. The molecule has 0 saturated carbocycles. The summed E-state index contributed by atoms with van der Waals surface area (Å²) in [5, 5.41) is 3.48. The number of nitrogens with one attached hydrogen (secondary N) is 1. The van der Waals surface area contributed by atoms with Crippen molar-refractivity contribution in [1.29, 1.82) is 0 Å². The van der Waals surface area contributed by atoms with Crippen molar-refractivity contribution in [2.24, 2.45) is 0 Å². The Labute approximate surface area is 187 Å². The molecule has 0 aliphatic heterocycles. The minimum atomic E-state index is 0.505. The van der Waals surface area contributed by atoms with Gasteiger partial charge in [0.1, 0.15) is 12.4 Å². The number of rotatable bonds is 10. The fourth-order valence-electron chi connectivity index (χ4n) is 3.20. The molecule has 0 bridgehead atoms. The molecular formula is C25H28BrNO3. The first-order valence-electron chi connectivity index (χ1n) is 10.1. The van der Waals surface area contributed by atoms with Gasteiger partial charge in [0.2, 0.25) is 0 Å². The molecule has 0 aliphatic carbocycles. The summed E-state index contributed by atoms with van der Waals surface area (Å²) >= 11 is 3.69. The second-order valence-corrected chi connectivity index (χ2v) is 7.81. The van der Waals surface area contributed by atoms with Crippen LogP contribution in [0.1, 0.15) is 29.2 Å². The number of methoxy groups -OCH3 is 1. The molecule has 3 aromatic carbocycles.